The highest BCUT2D eigenvalue weighted by molar-refractivity contribution is 7.99. The van der Waals surface area contributed by atoms with E-state index >= 15 is 0 Å². The number of carbonyl (C=O) groups is 2. The van der Waals surface area contributed by atoms with Crippen LogP contribution in [0, 0.1) is 0 Å². The van der Waals surface area contributed by atoms with Gasteiger partial charge in [-0.25, -0.2) is 0 Å². The Balaban J connectivity index is 2.00. The van der Waals surface area contributed by atoms with Crippen molar-refractivity contribution in [3.05, 3.63) is 58.6 Å². The number of rotatable bonds is 9. The molecule has 2 rings (SSSR count). The minimum Gasteiger partial charge on any atom is -0.492 e. The summed E-state index contributed by atoms with van der Waals surface area (Å²) in [5.41, 5.74) is 2.35. The first-order valence-electron chi connectivity index (χ1n) is 8.08. The third kappa shape index (κ3) is 6.28. The van der Waals surface area contributed by atoms with Crippen LogP contribution in [-0.4, -0.2) is 29.3 Å². The predicted molar refractivity (Wildman–Crippen MR) is 105 cm³/mol. The molecule has 0 spiro atoms. The van der Waals surface area contributed by atoms with Crippen molar-refractivity contribution in [1.82, 2.24) is 0 Å². The molecule has 138 valence electrons. The van der Waals surface area contributed by atoms with Gasteiger partial charge in [-0.15, -0.1) is 11.8 Å². The first kappa shape index (κ1) is 20.1. The van der Waals surface area contributed by atoms with Crippen molar-refractivity contribution >= 4 is 40.9 Å². The summed E-state index contributed by atoms with van der Waals surface area (Å²) in [5.74, 6) is 0.130. The lowest BCUT2D eigenvalue weighted by Crippen LogP contribution is -2.15. The predicted octanol–water partition coefficient (Wildman–Crippen LogP) is 4.24. The molecular weight excluding hydrogens is 374 g/mol. The lowest BCUT2D eigenvalue weighted by atomic mass is 10.1. The van der Waals surface area contributed by atoms with Crippen LogP contribution < -0.4 is 10.1 Å². The number of ether oxygens (including phenoxy) is 1. The number of para-hydroxylation sites is 1. The van der Waals surface area contributed by atoms with Gasteiger partial charge in [-0.3, -0.25) is 9.59 Å². The Kier molecular flexibility index (Phi) is 7.81. The molecule has 0 aliphatic heterocycles. The van der Waals surface area contributed by atoms with E-state index in [1.165, 1.54) is 11.8 Å². The molecule has 0 radical (unpaired) electrons. The van der Waals surface area contributed by atoms with Gasteiger partial charge in [0.25, 0.3) is 0 Å². The van der Waals surface area contributed by atoms with E-state index in [0.29, 0.717) is 28.8 Å². The van der Waals surface area contributed by atoms with Crippen LogP contribution in [0.25, 0.3) is 0 Å². The minimum atomic E-state index is -0.842. The fourth-order valence-corrected chi connectivity index (χ4v) is 3.31. The second-order valence-corrected chi connectivity index (χ2v) is 6.87. The van der Waals surface area contributed by atoms with E-state index in [4.69, 9.17) is 21.4 Å². The maximum absolute atomic E-state index is 12.4. The smallest absolute Gasteiger partial charge is 0.313 e. The fraction of sp³-hybridized carbons (Fsp3) is 0.263. The third-order valence-electron chi connectivity index (χ3n) is 3.39. The average Bonchev–Trinajstić information content (AvgIpc) is 2.58. The third-order valence-corrected chi connectivity index (χ3v) is 4.68. The molecular formula is C19H20ClNO4S. The molecule has 0 bridgehead atoms. The van der Waals surface area contributed by atoms with Gasteiger partial charge in [0.1, 0.15) is 5.75 Å². The Hall–Kier alpha value is -2.18. The molecule has 0 unspecified atom stereocenters. The Bertz CT molecular complexity index is 782. The summed E-state index contributed by atoms with van der Waals surface area (Å²) >= 11 is 7.45. The molecule has 1 amide bonds. The molecule has 26 heavy (non-hydrogen) atoms. The van der Waals surface area contributed by atoms with Crippen LogP contribution in [-0.2, 0) is 21.8 Å². The largest absolute Gasteiger partial charge is 0.492 e. The van der Waals surface area contributed by atoms with Crippen LogP contribution in [0.15, 0.2) is 42.5 Å². The van der Waals surface area contributed by atoms with Crippen LogP contribution >= 0.6 is 23.4 Å². The quantitative estimate of drug-likeness (QED) is 0.666. The van der Waals surface area contributed by atoms with Crippen molar-refractivity contribution in [2.24, 2.45) is 0 Å². The zero-order valence-corrected chi connectivity index (χ0v) is 15.9. The van der Waals surface area contributed by atoms with Crippen molar-refractivity contribution in [2.75, 3.05) is 17.7 Å². The number of thioether (sulfide) groups is 1. The number of aliphatic carboxylic acids is 1. The summed E-state index contributed by atoms with van der Waals surface area (Å²) < 4.78 is 5.54. The Morgan fingerprint density at radius 3 is 2.73 bits per heavy atom. The SMILES string of the molecule is CCOc1c(Cl)cccc1CC(=O)Nc1cccc(CSCC(=O)O)c1. The van der Waals surface area contributed by atoms with E-state index in [0.717, 1.165) is 11.1 Å². The van der Waals surface area contributed by atoms with E-state index in [9.17, 15) is 9.59 Å². The normalized spacial score (nSPS) is 10.4. The van der Waals surface area contributed by atoms with E-state index in [1.54, 1.807) is 18.2 Å². The number of halogens is 1. The molecule has 2 aromatic carbocycles. The molecule has 5 nitrogen and oxygen atoms in total. The number of carbonyl (C=O) groups excluding carboxylic acids is 1. The van der Waals surface area contributed by atoms with Gasteiger partial charge in [0.2, 0.25) is 5.91 Å². The van der Waals surface area contributed by atoms with Crippen LogP contribution in [0.1, 0.15) is 18.1 Å². The number of carboxylic acid groups (broad SMARTS) is 1. The molecule has 2 aromatic rings. The van der Waals surface area contributed by atoms with Gasteiger partial charge in [0.05, 0.1) is 23.8 Å². The molecule has 0 saturated heterocycles. The topological polar surface area (TPSA) is 75.6 Å². The van der Waals surface area contributed by atoms with Gasteiger partial charge in [0.15, 0.2) is 0 Å². The van der Waals surface area contributed by atoms with Gasteiger partial charge in [-0.05, 0) is 30.7 Å². The second-order valence-electron chi connectivity index (χ2n) is 5.47. The minimum absolute atomic E-state index is 0.0472. The Labute approximate surface area is 161 Å². The standard InChI is InChI=1S/C19H20ClNO4S/c1-2-25-19-14(6-4-8-16(19)20)10-17(22)21-15-7-3-5-13(9-15)11-26-12-18(23)24/h3-9H,2,10-12H2,1H3,(H,21,22)(H,23,24). The molecule has 0 aliphatic rings. The summed E-state index contributed by atoms with van der Waals surface area (Å²) in [6, 6.07) is 12.7. The maximum atomic E-state index is 12.4. The molecule has 0 heterocycles. The maximum Gasteiger partial charge on any atom is 0.313 e. The van der Waals surface area contributed by atoms with Crippen LogP contribution in [0.2, 0.25) is 5.02 Å². The summed E-state index contributed by atoms with van der Waals surface area (Å²) in [5, 5.41) is 12.0. The summed E-state index contributed by atoms with van der Waals surface area (Å²) in [6.07, 6.45) is 0.147. The van der Waals surface area contributed by atoms with Gasteiger partial charge >= 0.3 is 5.97 Å². The van der Waals surface area contributed by atoms with Crippen LogP contribution in [0.4, 0.5) is 5.69 Å². The van der Waals surface area contributed by atoms with Crippen molar-refractivity contribution in [2.45, 2.75) is 19.1 Å². The lowest BCUT2D eigenvalue weighted by Gasteiger charge is -2.12. The summed E-state index contributed by atoms with van der Waals surface area (Å²) in [6.45, 7) is 2.33. The number of amides is 1. The van der Waals surface area contributed by atoms with Crippen molar-refractivity contribution in [3.63, 3.8) is 0 Å². The first-order valence-corrected chi connectivity index (χ1v) is 9.61. The number of anilines is 1. The van der Waals surface area contributed by atoms with Crippen LogP contribution in [0.5, 0.6) is 5.75 Å². The number of carboxylic acids is 1. The molecule has 0 fully saturated rings. The van der Waals surface area contributed by atoms with Gasteiger partial charge in [-0.2, -0.15) is 0 Å². The number of hydrogen-bond acceptors (Lipinski definition) is 4. The van der Waals surface area contributed by atoms with E-state index in [2.05, 4.69) is 5.32 Å². The van der Waals surface area contributed by atoms with E-state index in [1.807, 2.05) is 31.2 Å². The second kappa shape index (κ2) is 10.1. The molecule has 0 saturated carbocycles. The molecule has 7 heteroatoms. The lowest BCUT2D eigenvalue weighted by molar-refractivity contribution is -0.133. The van der Waals surface area contributed by atoms with Crippen LogP contribution in [0.3, 0.4) is 0 Å². The highest BCUT2D eigenvalue weighted by Gasteiger charge is 2.12. The van der Waals surface area contributed by atoms with Crippen molar-refractivity contribution in [1.29, 1.82) is 0 Å². The zero-order valence-electron chi connectivity index (χ0n) is 14.3. The molecule has 0 atom stereocenters. The molecule has 0 aliphatic carbocycles. The Morgan fingerprint density at radius 1 is 1.23 bits per heavy atom. The fourth-order valence-electron chi connectivity index (χ4n) is 2.37. The highest BCUT2D eigenvalue weighted by atomic mass is 35.5. The summed E-state index contributed by atoms with van der Waals surface area (Å²) in [7, 11) is 0. The zero-order chi connectivity index (χ0) is 18.9. The first-order chi connectivity index (χ1) is 12.5. The number of benzene rings is 2. The van der Waals surface area contributed by atoms with E-state index in [-0.39, 0.29) is 18.1 Å². The molecule has 0 aromatic heterocycles. The molecule has 2 N–H and O–H groups in total. The number of nitrogens with one attached hydrogen (secondary N) is 1. The van der Waals surface area contributed by atoms with Crippen molar-refractivity contribution in [3.8, 4) is 5.75 Å². The van der Waals surface area contributed by atoms with Gasteiger partial charge in [-0.1, -0.05) is 35.9 Å². The average molecular weight is 394 g/mol. The van der Waals surface area contributed by atoms with Gasteiger partial charge < -0.3 is 15.2 Å². The highest BCUT2D eigenvalue weighted by Crippen LogP contribution is 2.29. The van der Waals surface area contributed by atoms with Gasteiger partial charge in [0, 0.05) is 17.0 Å². The Morgan fingerprint density at radius 2 is 2.00 bits per heavy atom. The van der Waals surface area contributed by atoms with E-state index < -0.39 is 5.97 Å². The summed E-state index contributed by atoms with van der Waals surface area (Å²) in [4.78, 5) is 22.9. The van der Waals surface area contributed by atoms with Crippen molar-refractivity contribution < 1.29 is 19.4 Å². The monoisotopic (exact) mass is 393 g/mol. The number of hydrogen-bond donors (Lipinski definition) is 2.